The van der Waals surface area contributed by atoms with Gasteiger partial charge in [0.1, 0.15) is 11.8 Å². The molecule has 6 heteroatoms. The number of alkyl carbamates (subject to hydrolysis) is 1. The van der Waals surface area contributed by atoms with Gasteiger partial charge in [0.2, 0.25) is 5.91 Å². The summed E-state index contributed by atoms with van der Waals surface area (Å²) in [5.41, 5.74) is 1.56. The number of carbonyl (C=O) groups is 2. The largest absolute Gasteiger partial charge is 0.495 e. The number of carbonyl (C=O) groups excluding carboxylic acids is 2. The Morgan fingerprint density at radius 3 is 2.38 bits per heavy atom. The van der Waals surface area contributed by atoms with E-state index in [0.29, 0.717) is 11.4 Å². The number of benzene rings is 1. The summed E-state index contributed by atoms with van der Waals surface area (Å²) in [6, 6.07) is 4.79. The molecular weight excluding hydrogens is 272 g/mol. The molecule has 116 valence electrons. The van der Waals surface area contributed by atoms with Crippen molar-refractivity contribution >= 4 is 17.7 Å². The molecule has 2 N–H and O–H groups in total. The lowest BCUT2D eigenvalue weighted by Crippen LogP contribution is -2.47. The number of ether oxygens (including phenoxy) is 2. The molecule has 0 heterocycles. The highest BCUT2D eigenvalue weighted by Crippen LogP contribution is 2.25. The second-order valence-electron chi connectivity index (χ2n) is 5.05. The quantitative estimate of drug-likeness (QED) is 0.873. The van der Waals surface area contributed by atoms with Gasteiger partial charge in [-0.3, -0.25) is 4.79 Å². The van der Waals surface area contributed by atoms with Crippen molar-refractivity contribution in [3.05, 3.63) is 23.8 Å². The van der Waals surface area contributed by atoms with Crippen LogP contribution in [0.5, 0.6) is 5.75 Å². The van der Waals surface area contributed by atoms with Crippen LogP contribution < -0.4 is 15.4 Å². The molecule has 0 saturated carbocycles. The van der Waals surface area contributed by atoms with Crippen LogP contribution in [0.25, 0.3) is 0 Å². The highest BCUT2D eigenvalue weighted by atomic mass is 16.5. The van der Waals surface area contributed by atoms with Gasteiger partial charge >= 0.3 is 6.09 Å². The predicted molar refractivity (Wildman–Crippen MR) is 80.5 cm³/mol. The van der Waals surface area contributed by atoms with Crippen LogP contribution in [-0.4, -0.2) is 32.3 Å². The van der Waals surface area contributed by atoms with Crippen LogP contribution in [-0.2, 0) is 9.53 Å². The summed E-state index contributed by atoms with van der Waals surface area (Å²) >= 11 is 0. The number of amides is 2. The monoisotopic (exact) mass is 294 g/mol. The van der Waals surface area contributed by atoms with E-state index in [0.717, 1.165) is 5.56 Å². The van der Waals surface area contributed by atoms with Crippen molar-refractivity contribution in [1.29, 1.82) is 0 Å². The lowest BCUT2D eigenvalue weighted by Gasteiger charge is -2.21. The Hall–Kier alpha value is -2.24. The molecule has 0 aliphatic rings. The average Bonchev–Trinajstić information content (AvgIpc) is 2.44. The molecule has 0 unspecified atom stereocenters. The Bertz CT molecular complexity index is 514. The summed E-state index contributed by atoms with van der Waals surface area (Å²) in [6.45, 7) is 5.60. The molecule has 0 radical (unpaired) electrons. The number of rotatable bonds is 5. The predicted octanol–water partition coefficient (Wildman–Crippen LogP) is 2.32. The van der Waals surface area contributed by atoms with Crippen LogP contribution in [0.4, 0.5) is 10.5 Å². The summed E-state index contributed by atoms with van der Waals surface area (Å²) in [5, 5.41) is 5.30. The Morgan fingerprint density at radius 1 is 1.19 bits per heavy atom. The van der Waals surface area contributed by atoms with Gasteiger partial charge in [0, 0.05) is 0 Å². The van der Waals surface area contributed by atoms with Crippen LogP contribution in [0.2, 0.25) is 0 Å². The van der Waals surface area contributed by atoms with Crippen molar-refractivity contribution in [2.45, 2.75) is 26.8 Å². The summed E-state index contributed by atoms with van der Waals surface area (Å²) in [4.78, 5) is 23.7. The van der Waals surface area contributed by atoms with E-state index < -0.39 is 12.1 Å². The van der Waals surface area contributed by atoms with Gasteiger partial charge in [0.15, 0.2) is 0 Å². The average molecular weight is 294 g/mol. The topological polar surface area (TPSA) is 76.7 Å². The molecule has 0 aliphatic carbocycles. The zero-order valence-electron chi connectivity index (χ0n) is 13.0. The molecule has 1 aromatic carbocycles. The number of nitrogens with one attached hydrogen (secondary N) is 2. The van der Waals surface area contributed by atoms with Crippen molar-refractivity contribution < 1.29 is 19.1 Å². The minimum absolute atomic E-state index is 0.0834. The third-order valence-corrected chi connectivity index (χ3v) is 3.02. The van der Waals surface area contributed by atoms with Gasteiger partial charge < -0.3 is 20.1 Å². The van der Waals surface area contributed by atoms with Crippen LogP contribution in [0, 0.1) is 12.8 Å². The summed E-state index contributed by atoms with van der Waals surface area (Å²) < 4.78 is 9.76. The standard InChI is InChI=1S/C15H22N2O4/c1-9(2)13(17-15(19)21-5)14(18)16-11-8-10(3)6-7-12(11)20-4/h6-9,13H,1-5H3,(H,16,18)(H,17,19)/t13-/m1/s1. The number of anilines is 1. The first-order chi connectivity index (χ1) is 9.88. The highest BCUT2D eigenvalue weighted by molar-refractivity contribution is 5.97. The second kappa shape index (κ2) is 7.52. The van der Waals surface area contributed by atoms with Gasteiger partial charge in [0.25, 0.3) is 0 Å². The zero-order valence-corrected chi connectivity index (χ0v) is 13.0. The van der Waals surface area contributed by atoms with Gasteiger partial charge in [-0.1, -0.05) is 19.9 Å². The highest BCUT2D eigenvalue weighted by Gasteiger charge is 2.25. The smallest absolute Gasteiger partial charge is 0.407 e. The van der Waals surface area contributed by atoms with Gasteiger partial charge in [-0.05, 0) is 30.5 Å². The molecule has 1 atom stereocenters. The number of aryl methyl sites for hydroxylation is 1. The van der Waals surface area contributed by atoms with Crippen LogP contribution >= 0.6 is 0 Å². The first kappa shape index (κ1) is 16.8. The fourth-order valence-corrected chi connectivity index (χ4v) is 1.85. The zero-order chi connectivity index (χ0) is 16.0. The maximum Gasteiger partial charge on any atom is 0.407 e. The summed E-state index contributed by atoms with van der Waals surface area (Å²) in [6.07, 6.45) is -0.639. The van der Waals surface area contributed by atoms with Crippen LogP contribution in [0.3, 0.4) is 0 Å². The first-order valence-corrected chi connectivity index (χ1v) is 6.69. The van der Waals surface area contributed by atoms with E-state index in [1.54, 1.807) is 6.07 Å². The first-order valence-electron chi connectivity index (χ1n) is 6.69. The Balaban J connectivity index is 2.91. The van der Waals surface area contributed by atoms with Crippen molar-refractivity contribution in [3.8, 4) is 5.75 Å². The van der Waals surface area contributed by atoms with Gasteiger partial charge in [0.05, 0.1) is 19.9 Å². The molecule has 0 bridgehead atoms. The lowest BCUT2D eigenvalue weighted by atomic mass is 10.0. The van der Waals surface area contributed by atoms with E-state index in [4.69, 9.17) is 4.74 Å². The minimum Gasteiger partial charge on any atom is -0.495 e. The molecule has 0 aliphatic heterocycles. The Labute approximate surface area is 124 Å². The molecule has 1 aromatic rings. The molecule has 0 fully saturated rings. The minimum atomic E-state index is -0.692. The van der Waals surface area contributed by atoms with Gasteiger partial charge in [-0.2, -0.15) is 0 Å². The Kier molecular flexibility index (Phi) is 6.02. The van der Waals surface area contributed by atoms with Crippen molar-refractivity contribution in [3.63, 3.8) is 0 Å². The summed E-state index contributed by atoms with van der Waals surface area (Å²) in [5.74, 6) is 0.161. The molecule has 1 rings (SSSR count). The molecule has 6 nitrogen and oxygen atoms in total. The van der Waals surface area contributed by atoms with E-state index in [1.807, 2.05) is 32.9 Å². The summed E-state index contributed by atoms with van der Waals surface area (Å²) in [7, 11) is 2.79. The van der Waals surface area contributed by atoms with Gasteiger partial charge in [-0.15, -0.1) is 0 Å². The van der Waals surface area contributed by atoms with E-state index >= 15 is 0 Å². The van der Waals surface area contributed by atoms with Crippen LogP contribution in [0.1, 0.15) is 19.4 Å². The number of methoxy groups -OCH3 is 2. The number of hydrogen-bond donors (Lipinski definition) is 2. The molecular formula is C15H22N2O4. The molecule has 0 aromatic heterocycles. The normalized spacial score (nSPS) is 11.7. The maximum absolute atomic E-state index is 12.3. The van der Waals surface area contributed by atoms with Crippen molar-refractivity contribution in [2.75, 3.05) is 19.5 Å². The fraction of sp³-hybridized carbons (Fsp3) is 0.467. The SMILES string of the molecule is COC(=O)N[C@@H](C(=O)Nc1cc(C)ccc1OC)C(C)C. The van der Waals surface area contributed by atoms with E-state index in [-0.39, 0.29) is 11.8 Å². The number of hydrogen-bond acceptors (Lipinski definition) is 4. The third-order valence-electron chi connectivity index (χ3n) is 3.02. The van der Waals surface area contributed by atoms with Crippen molar-refractivity contribution in [2.24, 2.45) is 5.92 Å². The molecule has 0 saturated heterocycles. The van der Waals surface area contributed by atoms with E-state index in [2.05, 4.69) is 15.4 Å². The molecule has 21 heavy (non-hydrogen) atoms. The van der Waals surface area contributed by atoms with Gasteiger partial charge in [-0.25, -0.2) is 4.79 Å². The van der Waals surface area contributed by atoms with E-state index in [1.165, 1.54) is 14.2 Å². The van der Waals surface area contributed by atoms with Crippen LogP contribution in [0.15, 0.2) is 18.2 Å². The maximum atomic E-state index is 12.3. The van der Waals surface area contributed by atoms with Crippen molar-refractivity contribution in [1.82, 2.24) is 5.32 Å². The lowest BCUT2D eigenvalue weighted by molar-refractivity contribution is -0.119. The second-order valence-corrected chi connectivity index (χ2v) is 5.05. The molecule has 0 spiro atoms. The fourth-order valence-electron chi connectivity index (χ4n) is 1.85. The van der Waals surface area contributed by atoms with E-state index in [9.17, 15) is 9.59 Å². The molecule has 2 amide bonds. The Morgan fingerprint density at radius 2 is 1.86 bits per heavy atom. The third kappa shape index (κ3) is 4.66.